The Labute approximate surface area is 96.7 Å². The molecule has 0 aliphatic rings. The summed E-state index contributed by atoms with van der Waals surface area (Å²) in [6.45, 7) is 0. The van der Waals surface area contributed by atoms with Gasteiger partial charge in [0.1, 0.15) is 6.10 Å². The first kappa shape index (κ1) is 12.8. The van der Waals surface area contributed by atoms with Gasteiger partial charge in [0, 0.05) is 11.8 Å². The van der Waals surface area contributed by atoms with Crippen LogP contribution in [-0.4, -0.2) is 32.1 Å². The largest absolute Gasteiger partial charge is 0.502 e. The van der Waals surface area contributed by atoms with Gasteiger partial charge in [0.05, 0.1) is 11.0 Å². The summed E-state index contributed by atoms with van der Waals surface area (Å²) >= 11 is 3.80. The molecular weight excluding hydrogens is 234 g/mol. The monoisotopic (exact) mass is 245 g/mol. The highest BCUT2D eigenvalue weighted by Gasteiger charge is 2.21. The van der Waals surface area contributed by atoms with Crippen molar-refractivity contribution in [3.63, 3.8) is 0 Å². The lowest BCUT2D eigenvalue weighted by Crippen LogP contribution is -2.19. The first-order valence-electron chi connectivity index (χ1n) is 4.41. The lowest BCUT2D eigenvalue weighted by Gasteiger charge is -2.15. The second-order valence-corrected chi connectivity index (χ2v) is 3.57. The van der Waals surface area contributed by atoms with E-state index in [4.69, 9.17) is 0 Å². The maximum atomic E-state index is 10.5. The fourth-order valence-electron chi connectivity index (χ4n) is 1.19. The number of thiol groups is 1. The molecule has 6 nitrogen and oxygen atoms in total. The minimum atomic E-state index is -1.27. The van der Waals surface area contributed by atoms with E-state index in [2.05, 4.69) is 12.6 Å². The molecule has 3 N–H and O–H groups in total. The first-order chi connectivity index (χ1) is 7.47. The predicted molar refractivity (Wildman–Crippen MR) is 59.6 cm³/mol. The van der Waals surface area contributed by atoms with E-state index in [1.165, 1.54) is 6.07 Å². The van der Waals surface area contributed by atoms with E-state index in [0.29, 0.717) is 0 Å². The molecule has 0 aliphatic carbocycles. The molecule has 0 heterocycles. The third-order valence-corrected chi connectivity index (χ3v) is 2.46. The molecule has 1 aromatic carbocycles. The number of phenols is 1. The van der Waals surface area contributed by atoms with E-state index in [0.717, 1.165) is 12.1 Å². The van der Waals surface area contributed by atoms with Crippen LogP contribution >= 0.6 is 12.6 Å². The van der Waals surface area contributed by atoms with Crippen LogP contribution in [0.2, 0.25) is 0 Å². The van der Waals surface area contributed by atoms with Crippen LogP contribution in [0, 0.1) is 10.1 Å². The number of nitro groups is 1. The van der Waals surface area contributed by atoms with Crippen molar-refractivity contribution < 1.29 is 20.2 Å². The topological polar surface area (TPSA) is 104 Å². The molecule has 0 fully saturated rings. The van der Waals surface area contributed by atoms with Gasteiger partial charge in [-0.05, 0) is 11.6 Å². The number of phenolic OH excluding ortho intramolecular Hbond substituents is 1. The Morgan fingerprint density at radius 3 is 2.56 bits per heavy atom. The normalized spacial score (nSPS) is 14.4. The number of hydrogen-bond acceptors (Lipinski definition) is 6. The van der Waals surface area contributed by atoms with Crippen molar-refractivity contribution in [1.29, 1.82) is 0 Å². The molecule has 0 radical (unpaired) electrons. The van der Waals surface area contributed by atoms with Crippen LogP contribution in [0.3, 0.4) is 0 Å². The SMILES string of the molecule is O=[N+]([O-])c1cc(C(O)C(O)CS)ccc1O. The minimum Gasteiger partial charge on any atom is -0.502 e. The molecule has 16 heavy (non-hydrogen) atoms. The van der Waals surface area contributed by atoms with E-state index in [1.807, 2.05) is 0 Å². The Kier molecular flexibility index (Phi) is 4.11. The third-order valence-electron chi connectivity index (χ3n) is 2.09. The molecule has 0 aromatic heterocycles. The zero-order valence-electron chi connectivity index (χ0n) is 8.15. The fourth-order valence-corrected chi connectivity index (χ4v) is 1.39. The summed E-state index contributed by atoms with van der Waals surface area (Å²) < 4.78 is 0. The lowest BCUT2D eigenvalue weighted by molar-refractivity contribution is -0.386. The van der Waals surface area contributed by atoms with Crippen molar-refractivity contribution in [1.82, 2.24) is 0 Å². The molecule has 88 valence electrons. The molecule has 1 aromatic rings. The number of benzene rings is 1. The molecule has 7 heteroatoms. The van der Waals surface area contributed by atoms with Crippen LogP contribution in [0.1, 0.15) is 11.7 Å². The van der Waals surface area contributed by atoms with Gasteiger partial charge >= 0.3 is 5.69 Å². The molecule has 0 saturated heterocycles. The average Bonchev–Trinajstić information content (AvgIpc) is 2.27. The summed E-state index contributed by atoms with van der Waals surface area (Å²) in [6, 6.07) is 3.42. The third kappa shape index (κ3) is 2.63. The van der Waals surface area contributed by atoms with Crippen molar-refractivity contribution >= 4 is 18.3 Å². The van der Waals surface area contributed by atoms with E-state index in [9.17, 15) is 25.4 Å². The highest BCUT2D eigenvalue weighted by Crippen LogP contribution is 2.29. The predicted octanol–water partition coefficient (Wildman–Crippen LogP) is 0.624. The highest BCUT2D eigenvalue weighted by atomic mass is 32.1. The number of aliphatic hydroxyl groups is 2. The molecule has 0 spiro atoms. The maximum absolute atomic E-state index is 10.5. The van der Waals surface area contributed by atoms with E-state index in [-0.39, 0.29) is 11.3 Å². The number of rotatable bonds is 4. The molecule has 0 saturated carbocycles. The van der Waals surface area contributed by atoms with Gasteiger partial charge in [0.2, 0.25) is 0 Å². The smallest absolute Gasteiger partial charge is 0.311 e. The molecule has 0 amide bonds. The van der Waals surface area contributed by atoms with Crippen LogP contribution < -0.4 is 0 Å². The Morgan fingerprint density at radius 1 is 1.44 bits per heavy atom. The Hall–Kier alpha value is -1.31. The number of nitro benzene ring substituents is 1. The van der Waals surface area contributed by atoms with E-state index in [1.54, 1.807) is 0 Å². The van der Waals surface area contributed by atoms with Crippen molar-refractivity contribution in [3.05, 3.63) is 33.9 Å². The molecule has 0 aliphatic heterocycles. The van der Waals surface area contributed by atoms with Gasteiger partial charge in [-0.25, -0.2) is 0 Å². The van der Waals surface area contributed by atoms with Gasteiger partial charge in [-0.1, -0.05) is 6.07 Å². The first-order valence-corrected chi connectivity index (χ1v) is 5.05. The molecule has 2 atom stereocenters. The summed E-state index contributed by atoms with van der Waals surface area (Å²) in [5.74, 6) is -0.461. The zero-order valence-corrected chi connectivity index (χ0v) is 9.04. The summed E-state index contributed by atoms with van der Waals surface area (Å²) in [6.07, 6.45) is -2.38. The van der Waals surface area contributed by atoms with Crippen LogP contribution in [0.25, 0.3) is 0 Å². The Balaban J connectivity index is 3.07. The lowest BCUT2D eigenvalue weighted by atomic mass is 10.0. The molecule has 0 bridgehead atoms. The summed E-state index contributed by atoms with van der Waals surface area (Å²) in [7, 11) is 0. The van der Waals surface area contributed by atoms with Crippen LogP contribution in [-0.2, 0) is 0 Å². The highest BCUT2D eigenvalue weighted by molar-refractivity contribution is 7.80. The van der Waals surface area contributed by atoms with Gasteiger partial charge in [-0.15, -0.1) is 0 Å². The van der Waals surface area contributed by atoms with Crippen molar-refractivity contribution in [2.45, 2.75) is 12.2 Å². The molecule has 2 unspecified atom stereocenters. The van der Waals surface area contributed by atoms with Gasteiger partial charge in [0.15, 0.2) is 5.75 Å². The Morgan fingerprint density at radius 2 is 2.06 bits per heavy atom. The summed E-state index contributed by atoms with van der Waals surface area (Å²) in [5, 5.41) is 38.6. The summed E-state index contributed by atoms with van der Waals surface area (Å²) in [5.41, 5.74) is -0.353. The second-order valence-electron chi connectivity index (χ2n) is 3.20. The second kappa shape index (κ2) is 5.15. The minimum absolute atomic E-state index is 0.0237. The summed E-state index contributed by atoms with van der Waals surface area (Å²) in [4.78, 5) is 9.76. The zero-order chi connectivity index (χ0) is 12.3. The maximum Gasteiger partial charge on any atom is 0.311 e. The van der Waals surface area contributed by atoms with Crippen LogP contribution in [0.4, 0.5) is 5.69 Å². The van der Waals surface area contributed by atoms with Crippen molar-refractivity contribution in [3.8, 4) is 5.75 Å². The number of nitrogens with zero attached hydrogens (tertiary/aromatic N) is 1. The fraction of sp³-hybridized carbons (Fsp3) is 0.333. The van der Waals surface area contributed by atoms with E-state index < -0.39 is 28.6 Å². The standard InChI is InChI=1S/C9H11NO5S/c11-7-2-1-5(3-6(7)10(14)15)9(13)8(12)4-16/h1-3,8-9,11-13,16H,4H2. The molecular formula is C9H11NO5S. The Bertz CT molecular complexity index is 397. The number of aliphatic hydroxyl groups excluding tert-OH is 2. The van der Waals surface area contributed by atoms with Gasteiger partial charge in [-0.2, -0.15) is 12.6 Å². The van der Waals surface area contributed by atoms with Gasteiger partial charge in [-0.3, -0.25) is 10.1 Å². The van der Waals surface area contributed by atoms with Crippen LogP contribution in [0.15, 0.2) is 18.2 Å². The average molecular weight is 245 g/mol. The molecule has 1 rings (SSSR count). The number of hydrogen-bond donors (Lipinski definition) is 4. The van der Waals surface area contributed by atoms with Gasteiger partial charge < -0.3 is 15.3 Å². The number of aromatic hydroxyl groups is 1. The quantitative estimate of drug-likeness (QED) is 0.354. The van der Waals surface area contributed by atoms with Crippen molar-refractivity contribution in [2.75, 3.05) is 5.75 Å². The van der Waals surface area contributed by atoms with Crippen LogP contribution in [0.5, 0.6) is 5.75 Å². The van der Waals surface area contributed by atoms with Crippen molar-refractivity contribution in [2.24, 2.45) is 0 Å². The van der Waals surface area contributed by atoms with Gasteiger partial charge in [0.25, 0.3) is 0 Å². The van der Waals surface area contributed by atoms with E-state index >= 15 is 0 Å².